The molecule has 28 heavy (non-hydrogen) atoms. The fourth-order valence-corrected chi connectivity index (χ4v) is 4.25. The lowest BCUT2D eigenvalue weighted by Crippen LogP contribution is -2.02. The Balaban J connectivity index is 0.000000145. The first kappa shape index (κ1) is 16.9. The Hall–Kier alpha value is -3.26. The molecule has 0 spiro atoms. The number of aromatic nitrogens is 2. The smallest absolute Gasteiger partial charge is 0.0886 e. The van der Waals surface area contributed by atoms with Gasteiger partial charge in [0.15, 0.2) is 0 Å². The second-order valence-electron chi connectivity index (χ2n) is 7.34. The van der Waals surface area contributed by atoms with Crippen LogP contribution in [0.5, 0.6) is 0 Å². The fourth-order valence-electron chi connectivity index (χ4n) is 4.25. The number of fused-ring (bicyclic) bond motifs is 6. The lowest BCUT2D eigenvalue weighted by molar-refractivity contribution is 0.690. The number of nitrogens with zero attached hydrogens (tertiary/aromatic N) is 2. The summed E-state index contributed by atoms with van der Waals surface area (Å²) in [7, 11) is 0. The molecule has 2 heteroatoms. The lowest BCUT2D eigenvalue weighted by Gasteiger charge is -2.18. The Morgan fingerprint density at radius 1 is 0.536 bits per heavy atom. The molecular weight excluding hydrogens is 340 g/mol. The van der Waals surface area contributed by atoms with Gasteiger partial charge in [0, 0.05) is 12.4 Å². The zero-order valence-electron chi connectivity index (χ0n) is 15.8. The van der Waals surface area contributed by atoms with Crippen molar-refractivity contribution in [2.24, 2.45) is 0 Å². The van der Waals surface area contributed by atoms with E-state index in [4.69, 9.17) is 0 Å². The van der Waals surface area contributed by atoms with Gasteiger partial charge < -0.3 is 0 Å². The van der Waals surface area contributed by atoms with E-state index in [0.717, 1.165) is 11.0 Å². The van der Waals surface area contributed by atoms with E-state index in [1.807, 2.05) is 24.3 Å². The van der Waals surface area contributed by atoms with Gasteiger partial charge in [-0.3, -0.25) is 9.97 Å². The van der Waals surface area contributed by atoms with Crippen molar-refractivity contribution in [3.63, 3.8) is 0 Å². The van der Waals surface area contributed by atoms with Crippen LogP contribution in [0.2, 0.25) is 0 Å². The fraction of sp³-hybridized carbons (Fsp3) is 0.154. The van der Waals surface area contributed by atoms with Gasteiger partial charge in [0.1, 0.15) is 0 Å². The monoisotopic (exact) mass is 362 g/mol. The van der Waals surface area contributed by atoms with E-state index in [1.54, 1.807) is 23.5 Å². The van der Waals surface area contributed by atoms with Gasteiger partial charge in [0.05, 0.1) is 11.0 Å². The number of para-hydroxylation sites is 2. The summed E-state index contributed by atoms with van der Waals surface area (Å²) in [4.78, 5) is 8.24. The van der Waals surface area contributed by atoms with Gasteiger partial charge in [-0.05, 0) is 70.5 Å². The molecule has 0 aliphatic heterocycles. The van der Waals surface area contributed by atoms with E-state index in [-0.39, 0.29) is 0 Å². The quantitative estimate of drug-likeness (QED) is 0.294. The normalized spacial score (nSPS) is 13.1. The van der Waals surface area contributed by atoms with Crippen LogP contribution >= 0.6 is 0 Å². The van der Waals surface area contributed by atoms with Crippen LogP contribution < -0.4 is 0 Å². The van der Waals surface area contributed by atoms with Gasteiger partial charge in [-0.2, -0.15) is 0 Å². The standard InChI is InChI=1S/C18H16.C8H6N2/c1-3-7-15-13(5-1)9-11-18-16-8-4-2-6-14(16)10-12-17(15)18;1-2-4-8-7(3-1)9-5-6-10-8/h1,3,5,7,9-12H,2,4,6,8H2;1-6H. The van der Waals surface area contributed by atoms with Crippen LogP contribution in [0, 0.1) is 0 Å². The van der Waals surface area contributed by atoms with Crippen LogP contribution in [-0.2, 0) is 12.8 Å². The van der Waals surface area contributed by atoms with Crippen molar-refractivity contribution < 1.29 is 0 Å². The summed E-state index contributed by atoms with van der Waals surface area (Å²) in [5.41, 5.74) is 5.07. The summed E-state index contributed by atoms with van der Waals surface area (Å²) < 4.78 is 0. The van der Waals surface area contributed by atoms with Crippen molar-refractivity contribution >= 4 is 32.6 Å². The molecular formula is C26H22N2. The predicted molar refractivity (Wildman–Crippen MR) is 118 cm³/mol. The highest BCUT2D eigenvalue weighted by Gasteiger charge is 2.13. The molecule has 0 unspecified atom stereocenters. The SMILES string of the molecule is c1ccc2c(c1)ccc1c3c(ccc12)CCCC3.c1ccc2nccnc2c1. The minimum atomic E-state index is 0.949. The number of hydrogen-bond donors (Lipinski definition) is 0. The Labute approximate surface area is 164 Å². The third kappa shape index (κ3) is 3.11. The molecule has 0 fully saturated rings. The highest BCUT2D eigenvalue weighted by atomic mass is 14.8. The second-order valence-corrected chi connectivity index (χ2v) is 7.34. The molecule has 1 aliphatic carbocycles. The Morgan fingerprint density at radius 2 is 1.21 bits per heavy atom. The molecule has 4 aromatic carbocycles. The second kappa shape index (κ2) is 7.40. The molecule has 0 saturated carbocycles. The third-order valence-corrected chi connectivity index (χ3v) is 5.63. The van der Waals surface area contributed by atoms with E-state index >= 15 is 0 Å². The Morgan fingerprint density at radius 3 is 2.04 bits per heavy atom. The van der Waals surface area contributed by atoms with Gasteiger partial charge in [-0.25, -0.2) is 0 Å². The molecule has 0 N–H and O–H groups in total. The largest absolute Gasteiger partial charge is 0.253 e. The average Bonchev–Trinajstić information content (AvgIpc) is 2.79. The van der Waals surface area contributed by atoms with Crippen molar-refractivity contribution in [3.05, 3.63) is 96.3 Å². The molecule has 2 nitrogen and oxygen atoms in total. The van der Waals surface area contributed by atoms with Crippen LogP contribution in [0.4, 0.5) is 0 Å². The third-order valence-electron chi connectivity index (χ3n) is 5.63. The van der Waals surface area contributed by atoms with E-state index in [1.165, 1.54) is 47.2 Å². The molecule has 0 radical (unpaired) electrons. The zero-order valence-corrected chi connectivity index (χ0v) is 15.8. The van der Waals surface area contributed by atoms with E-state index in [9.17, 15) is 0 Å². The molecule has 5 aromatic rings. The molecule has 1 aliphatic rings. The number of benzene rings is 4. The Bertz CT molecular complexity index is 1210. The van der Waals surface area contributed by atoms with Gasteiger partial charge in [-0.1, -0.05) is 60.7 Å². The van der Waals surface area contributed by atoms with Crippen molar-refractivity contribution in [2.45, 2.75) is 25.7 Å². The van der Waals surface area contributed by atoms with Crippen LogP contribution in [0.3, 0.4) is 0 Å². The minimum Gasteiger partial charge on any atom is -0.253 e. The summed E-state index contributed by atoms with van der Waals surface area (Å²) in [5, 5.41) is 5.64. The highest BCUT2D eigenvalue weighted by molar-refractivity contribution is 6.08. The molecule has 0 saturated heterocycles. The van der Waals surface area contributed by atoms with E-state index < -0.39 is 0 Å². The van der Waals surface area contributed by atoms with Crippen LogP contribution in [0.1, 0.15) is 24.0 Å². The van der Waals surface area contributed by atoms with Crippen molar-refractivity contribution in [1.82, 2.24) is 9.97 Å². The highest BCUT2D eigenvalue weighted by Crippen LogP contribution is 2.33. The summed E-state index contributed by atoms with van der Waals surface area (Å²) >= 11 is 0. The maximum atomic E-state index is 4.12. The molecule has 0 bridgehead atoms. The molecule has 1 aromatic heterocycles. The van der Waals surface area contributed by atoms with Gasteiger partial charge in [0.2, 0.25) is 0 Å². The number of aryl methyl sites for hydroxylation is 2. The summed E-state index contributed by atoms with van der Waals surface area (Å²) in [6.07, 6.45) is 8.61. The molecule has 0 amide bonds. The van der Waals surface area contributed by atoms with Gasteiger partial charge in [0.25, 0.3) is 0 Å². The van der Waals surface area contributed by atoms with E-state index in [2.05, 4.69) is 58.5 Å². The lowest BCUT2D eigenvalue weighted by atomic mass is 9.86. The first-order chi connectivity index (χ1) is 13.9. The van der Waals surface area contributed by atoms with Crippen molar-refractivity contribution in [3.8, 4) is 0 Å². The van der Waals surface area contributed by atoms with Crippen molar-refractivity contribution in [2.75, 3.05) is 0 Å². The average molecular weight is 362 g/mol. The summed E-state index contributed by atoms with van der Waals surface area (Å²) in [6, 6.07) is 25.8. The summed E-state index contributed by atoms with van der Waals surface area (Å²) in [6.45, 7) is 0. The zero-order chi connectivity index (χ0) is 18.8. The molecule has 136 valence electrons. The van der Waals surface area contributed by atoms with Crippen molar-refractivity contribution in [1.29, 1.82) is 0 Å². The Kier molecular flexibility index (Phi) is 4.46. The summed E-state index contributed by atoms with van der Waals surface area (Å²) in [5.74, 6) is 0. The molecule has 6 rings (SSSR count). The number of hydrogen-bond acceptors (Lipinski definition) is 2. The number of rotatable bonds is 0. The maximum Gasteiger partial charge on any atom is 0.0886 e. The maximum absolute atomic E-state index is 4.12. The van der Waals surface area contributed by atoms with E-state index in [0.29, 0.717) is 0 Å². The van der Waals surface area contributed by atoms with Crippen LogP contribution in [0.15, 0.2) is 85.2 Å². The molecule has 0 atom stereocenters. The predicted octanol–water partition coefficient (Wildman–Crippen LogP) is 6.50. The van der Waals surface area contributed by atoms with Gasteiger partial charge in [-0.15, -0.1) is 0 Å². The minimum absolute atomic E-state index is 0.949. The first-order valence-electron chi connectivity index (χ1n) is 9.98. The van der Waals surface area contributed by atoms with Gasteiger partial charge >= 0.3 is 0 Å². The van der Waals surface area contributed by atoms with Crippen LogP contribution in [0.25, 0.3) is 32.6 Å². The molecule has 1 heterocycles. The topological polar surface area (TPSA) is 25.8 Å². The first-order valence-corrected chi connectivity index (χ1v) is 9.98. The van der Waals surface area contributed by atoms with Crippen LogP contribution in [-0.4, -0.2) is 9.97 Å².